The summed E-state index contributed by atoms with van der Waals surface area (Å²) in [6, 6.07) is 0. The molecule has 0 bridgehead atoms. The first-order valence-electron chi connectivity index (χ1n) is 40.9. The molecule has 0 spiro atoms. The first-order chi connectivity index (χ1) is 47.0. The van der Waals surface area contributed by atoms with Crippen LogP contribution >= 0.6 is 7.82 Å². The third-order valence-corrected chi connectivity index (χ3v) is 19.1. The van der Waals surface area contributed by atoms with Gasteiger partial charge in [-0.3, -0.25) is 14.2 Å². The summed E-state index contributed by atoms with van der Waals surface area (Å²) >= 11 is 0. The summed E-state index contributed by atoms with van der Waals surface area (Å²) in [5.41, 5.74) is 0. The Labute approximate surface area is 595 Å². The molecule has 0 aromatic heterocycles. The third kappa shape index (κ3) is 79.9. The number of phosphoric ester groups is 1. The predicted molar refractivity (Wildman–Crippen MR) is 416 cm³/mol. The normalized spacial score (nSPS) is 13.5. The fourth-order valence-electron chi connectivity index (χ4n) is 11.9. The topological polar surface area (TPSA) is 111 Å². The minimum atomic E-state index is -4.65. The van der Waals surface area contributed by atoms with Crippen LogP contribution in [0.2, 0.25) is 0 Å². The average Bonchev–Trinajstić information content (AvgIpc) is 2.54. The van der Waals surface area contributed by atoms with Gasteiger partial charge < -0.3 is 27.9 Å². The predicted octanol–water partition coefficient (Wildman–Crippen LogP) is 26.8. The van der Waals surface area contributed by atoms with Crippen LogP contribution in [-0.2, 0) is 32.7 Å². The Kier molecular flexibility index (Phi) is 73.7. The SMILES string of the molecule is CC/C=C\C/C=C\C/C=C\C/C=C\C/C=C\C/C=C\C/C=C\C/C=C\CCCCCCCCCCCCCCCCCCC(=O)OC(COC(=O)CCCCCCCCCCCCCCCCCCCCCCCCCCCCCCCCC)COP(=O)([O-])OCC[N+](C)(C)C. The standard InChI is InChI=1S/C86H156NO8P/c1-6-8-10-12-14-16-18-20-22-24-26-28-30-32-34-36-38-39-40-41-42-43-44-45-46-47-49-51-53-55-57-59-61-63-65-67-69-71-73-75-77-79-86(89)95-84(83-94-96(90,91)93-81-80-87(3,4)5)82-92-85(88)78-76-74-72-70-68-66-64-62-60-58-56-54-52-50-48-37-35-33-31-29-27-25-23-21-19-17-15-13-11-9-7-2/h8,10,14,16,20,22,26,28,32,34,38-39,41-42,44-45,84H,6-7,9,11-13,15,17-19,21,23-25,27,29-31,33,35-37,40,43,46-83H2,1-5H3/b10-8-,16-14-,22-20-,28-26-,34-32-,39-38-,42-41-,45-44-. The van der Waals surface area contributed by atoms with Crippen LogP contribution in [0.15, 0.2) is 97.2 Å². The number of hydrogen-bond donors (Lipinski definition) is 0. The van der Waals surface area contributed by atoms with Crippen molar-refractivity contribution in [1.82, 2.24) is 0 Å². The smallest absolute Gasteiger partial charge is 0.306 e. The van der Waals surface area contributed by atoms with Crippen LogP contribution < -0.4 is 4.89 Å². The zero-order valence-electron chi connectivity index (χ0n) is 63.8. The van der Waals surface area contributed by atoms with Gasteiger partial charge in [0.2, 0.25) is 0 Å². The molecule has 0 N–H and O–H groups in total. The lowest BCUT2D eigenvalue weighted by atomic mass is 10.0. The van der Waals surface area contributed by atoms with Gasteiger partial charge in [-0.1, -0.05) is 394 Å². The van der Waals surface area contributed by atoms with E-state index in [1.165, 1.54) is 263 Å². The summed E-state index contributed by atoms with van der Waals surface area (Å²) < 4.78 is 34.4. The molecule has 0 aromatic carbocycles. The summed E-state index contributed by atoms with van der Waals surface area (Å²) in [5, 5.41) is 0. The quantitative estimate of drug-likeness (QED) is 0.0195. The molecular formula is C86H156NO8P. The summed E-state index contributed by atoms with van der Waals surface area (Å²) in [6.45, 7) is 4.19. The molecule has 2 unspecified atom stereocenters. The average molecular weight is 1360 g/mol. The van der Waals surface area contributed by atoms with Gasteiger partial charge in [0.25, 0.3) is 7.82 Å². The van der Waals surface area contributed by atoms with Gasteiger partial charge in [0.15, 0.2) is 6.10 Å². The molecule has 10 heteroatoms. The van der Waals surface area contributed by atoms with Crippen LogP contribution in [0.25, 0.3) is 0 Å². The van der Waals surface area contributed by atoms with Crippen LogP contribution in [0, 0.1) is 0 Å². The van der Waals surface area contributed by atoms with Crippen LogP contribution in [0.4, 0.5) is 0 Å². The van der Waals surface area contributed by atoms with E-state index < -0.39 is 26.5 Å². The Morgan fingerprint density at radius 3 is 0.885 bits per heavy atom. The van der Waals surface area contributed by atoms with Crippen molar-refractivity contribution in [3.05, 3.63) is 97.2 Å². The van der Waals surface area contributed by atoms with E-state index in [1.807, 2.05) is 21.1 Å². The highest BCUT2D eigenvalue weighted by atomic mass is 31.2. The van der Waals surface area contributed by atoms with E-state index in [0.29, 0.717) is 17.4 Å². The number of nitrogens with zero attached hydrogens (tertiary/aromatic N) is 1. The molecule has 0 rings (SSSR count). The maximum Gasteiger partial charge on any atom is 0.306 e. The van der Waals surface area contributed by atoms with E-state index in [0.717, 1.165) is 89.9 Å². The fraction of sp³-hybridized carbons (Fsp3) is 0.791. The van der Waals surface area contributed by atoms with Gasteiger partial charge >= 0.3 is 11.9 Å². The van der Waals surface area contributed by atoms with E-state index in [2.05, 4.69) is 111 Å². The minimum Gasteiger partial charge on any atom is -0.756 e. The van der Waals surface area contributed by atoms with Crippen molar-refractivity contribution >= 4 is 19.8 Å². The van der Waals surface area contributed by atoms with E-state index in [1.54, 1.807) is 0 Å². The van der Waals surface area contributed by atoms with Gasteiger partial charge in [0, 0.05) is 12.8 Å². The lowest BCUT2D eigenvalue weighted by Gasteiger charge is -2.28. The van der Waals surface area contributed by atoms with Gasteiger partial charge in [0.05, 0.1) is 27.7 Å². The Balaban J connectivity index is 3.94. The Morgan fingerprint density at radius 2 is 0.594 bits per heavy atom. The Morgan fingerprint density at radius 1 is 0.333 bits per heavy atom. The number of carbonyl (C=O) groups excluding carboxylic acids is 2. The lowest BCUT2D eigenvalue weighted by Crippen LogP contribution is -2.37. The third-order valence-electron chi connectivity index (χ3n) is 18.1. The minimum absolute atomic E-state index is 0.0307. The largest absolute Gasteiger partial charge is 0.756 e. The number of likely N-dealkylation sites (N-methyl/N-ethyl adjacent to an activating group) is 1. The van der Waals surface area contributed by atoms with Gasteiger partial charge in [-0.25, -0.2) is 0 Å². The number of unbranched alkanes of at least 4 members (excludes halogenated alkanes) is 46. The van der Waals surface area contributed by atoms with Crippen molar-refractivity contribution in [2.45, 2.75) is 392 Å². The van der Waals surface area contributed by atoms with Crippen molar-refractivity contribution in [2.24, 2.45) is 0 Å². The number of hydrogen-bond acceptors (Lipinski definition) is 8. The second-order valence-corrected chi connectivity index (χ2v) is 30.2. The lowest BCUT2D eigenvalue weighted by molar-refractivity contribution is -0.870. The number of esters is 2. The van der Waals surface area contributed by atoms with Crippen molar-refractivity contribution in [2.75, 3.05) is 47.5 Å². The zero-order valence-corrected chi connectivity index (χ0v) is 64.7. The number of ether oxygens (including phenoxy) is 2. The van der Waals surface area contributed by atoms with E-state index in [-0.39, 0.29) is 32.0 Å². The summed E-state index contributed by atoms with van der Waals surface area (Å²) in [5.74, 6) is -0.815. The summed E-state index contributed by atoms with van der Waals surface area (Å²) in [7, 11) is 1.18. The van der Waals surface area contributed by atoms with Crippen molar-refractivity contribution in [3.63, 3.8) is 0 Å². The van der Waals surface area contributed by atoms with Crippen molar-refractivity contribution < 1.29 is 42.1 Å². The van der Waals surface area contributed by atoms with Crippen LogP contribution in [-0.4, -0.2) is 70.0 Å². The van der Waals surface area contributed by atoms with Gasteiger partial charge in [-0.05, 0) is 77.0 Å². The zero-order chi connectivity index (χ0) is 69.7. The van der Waals surface area contributed by atoms with Crippen LogP contribution in [0.5, 0.6) is 0 Å². The van der Waals surface area contributed by atoms with E-state index in [9.17, 15) is 19.0 Å². The Bertz CT molecular complexity index is 1940. The molecule has 0 amide bonds. The van der Waals surface area contributed by atoms with Crippen LogP contribution in [0.3, 0.4) is 0 Å². The van der Waals surface area contributed by atoms with Crippen molar-refractivity contribution in [3.8, 4) is 0 Å². The summed E-state index contributed by atoms with van der Waals surface area (Å²) in [6.07, 6.45) is 107. The molecule has 0 saturated carbocycles. The molecule has 0 aliphatic carbocycles. The highest BCUT2D eigenvalue weighted by molar-refractivity contribution is 7.45. The highest BCUT2D eigenvalue weighted by Gasteiger charge is 2.22. The maximum absolute atomic E-state index is 12.9. The highest BCUT2D eigenvalue weighted by Crippen LogP contribution is 2.38. The van der Waals surface area contributed by atoms with Crippen molar-refractivity contribution in [1.29, 1.82) is 0 Å². The molecule has 2 atom stereocenters. The molecule has 0 aliphatic rings. The molecule has 0 aromatic rings. The number of quaternary nitrogens is 1. The fourth-order valence-corrected chi connectivity index (χ4v) is 12.6. The van der Waals surface area contributed by atoms with E-state index >= 15 is 0 Å². The molecular weight excluding hydrogens is 1210 g/mol. The molecule has 558 valence electrons. The monoisotopic (exact) mass is 1360 g/mol. The Hall–Kier alpha value is -3.07. The summed E-state index contributed by atoms with van der Waals surface area (Å²) in [4.78, 5) is 38.2. The molecule has 0 aliphatic heterocycles. The molecule has 0 heterocycles. The first kappa shape index (κ1) is 92.9. The van der Waals surface area contributed by atoms with E-state index in [4.69, 9.17) is 18.5 Å². The molecule has 9 nitrogen and oxygen atoms in total. The number of rotatable bonds is 76. The second kappa shape index (κ2) is 76.1. The molecule has 96 heavy (non-hydrogen) atoms. The number of carbonyl (C=O) groups is 2. The number of allylic oxidation sites excluding steroid dienone is 16. The molecule has 0 fully saturated rings. The van der Waals surface area contributed by atoms with Gasteiger partial charge in [-0.15, -0.1) is 0 Å². The maximum atomic E-state index is 12.9. The molecule has 0 radical (unpaired) electrons. The second-order valence-electron chi connectivity index (χ2n) is 28.8. The molecule has 0 saturated heterocycles. The van der Waals surface area contributed by atoms with Gasteiger partial charge in [0.1, 0.15) is 19.8 Å². The van der Waals surface area contributed by atoms with Crippen LogP contribution in [0.1, 0.15) is 386 Å². The van der Waals surface area contributed by atoms with Gasteiger partial charge in [-0.2, -0.15) is 0 Å². The number of phosphoric acid groups is 1. The first-order valence-corrected chi connectivity index (χ1v) is 42.4.